The van der Waals surface area contributed by atoms with Crippen LogP contribution < -0.4 is 14.2 Å². The summed E-state index contributed by atoms with van der Waals surface area (Å²) in [5.74, 6) is 2.14. The zero-order valence-electron chi connectivity index (χ0n) is 14.9. The van der Waals surface area contributed by atoms with Crippen molar-refractivity contribution in [3.8, 4) is 17.2 Å². The highest BCUT2D eigenvalue weighted by Gasteiger charge is 2.44. The largest absolute Gasteiger partial charge is 0.497 e. The van der Waals surface area contributed by atoms with Gasteiger partial charge < -0.3 is 14.2 Å². The zero-order valence-corrected chi connectivity index (χ0v) is 14.9. The molecule has 2 heterocycles. The van der Waals surface area contributed by atoms with E-state index >= 15 is 0 Å². The van der Waals surface area contributed by atoms with Crippen LogP contribution in [-0.4, -0.2) is 37.5 Å². The summed E-state index contributed by atoms with van der Waals surface area (Å²) in [7, 11) is 3.26. The van der Waals surface area contributed by atoms with E-state index in [2.05, 4.69) is 5.10 Å². The van der Waals surface area contributed by atoms with E-state index < -0.39 is 0 Å². The topological polar surface area (TPSA) is 60.4 Å². The fraction of sp³-hybridized carbons (Fsp3) is 0.300. The molecule has 4 rings (SSSR count). The molecule has 134 valence electrons. The Balaban J connectivity index is 1.77. The summed E-state index contributed by atoms with van der Waals surface area (Å²) in [6.45, 7) is 2.00. The van der Waals surface area contributed by atoms with E-state index in [4.69, 9.17) is 14.2 Å². The highest BCUT2D eigenvalue weighted by atomic mass is 16.5. The van der Waals surface area contributed by atoms with E-state index in [1.807, 2.05) is 42.5 Å². The van der Waals surface area contributed by atoms with Crippen LogP contribution in [0.15, 0.2) is 47.6 Å². The SMILES string of the molecule is COc1ccc([C@H]2[C@H]3COc4ccc(OC)cc4C3=NN2C(C)=O)cc1. The lowest BCUT2D eigenvalue weighted by Crippen LogP contribution is -2.34. The van der Waals surface area contributed by atoms with Crippen LogP contribution in [0.1, 0.15) is 24.1 Å². The smallest absolute Gasteiger partial charge is 0.240 e. The number of fused-ring (bicyclic) bond motifs is 3. The standard InChI is InChI=1S/C20H20N2O4/c1-12(23)22-20(13-4-6-14(24-2)7-5-13)17-11-26-18-9-8-15(25-3)10-16(18)19(17)21-22/h4-10,17,20H,11H2,1-3H3/t17-,20-/m0/s1. The van der Waals surface area contributed by atoms with E-state index in [1.54, 1.807) is 19.2 Å². The molecule has 0 spiro atoms. The fourth-order valence-corrected chi connectivity index (χ4v) is 3.58. The summed E-state index contributed by atoms with van der Waals surface area (Å²) in [4.78, 5) is 12.3. The maximum atomic E-state index is 12.3. The summed E-state index contributed by atoms with van der Waals surface area (Å²) < 4.78 is 16.5. The van der Waals surface area contributed by atoms with Crippen molar-refractivity contribution in [3.05, 3.63) is 53.6 Å². The van der Waals surface area contributed by atoms with Gasteiger partial charge in [-0.3, -0.25) is 4.79 Å². The van der Waals surface area contributed by atoms with Gasteiger partial charge in [-0.05, 0) is 35.9 Å². The van der Waals surface area contributed by atoms with Gasteiger partial charge in [0.1, 0.15) is 17.2 Å². The number of ether oxygens (including phenoxy) is 3. The van der Waals surface area contributed by atoms with Crippen molar-refractivity contribution in [1.82, 2.24) is 5.01 Å². The van der Waals surface area contributed by atoms with Crippen molar-refractivity contribution in [2.75, 3.05) is 20.8 Å². The molecule has 2 aliphatic rings. The predicted octanol–water partition coefficient (Wildman–Crippen LogP) is 3.02. The van der Waals surface area contributed by atoms with E-state index in [0.717, 1.165) is 34.1 Å². The molecule has 0 bridgehead atoms. The average Bonchev–Trinajstić information content (AvgIpc) is 3.08. The molecule has 0 radical (unpaired) electrons. The third-order valence-corrected chi connectivity index (χ3v) is 4.87. The summed E-state index contributed by atoms with van der Waals surface area (Å²) in [6.07, 6.45) is 0. The van der Waals surface area contributed by atoms with Gasteiger partial charge in [-0.15, -0.1) is 0 Å². The van der Waals surface area contributed by atoms with Crippen LogP contribution >= 0.6 is 0 Å². The first-order chi connectivity index (χ1) is 12.6. The first-order valence-corrected chi connectivity index (χ1v) is 8.46. The van der Waals surface area contributed by atoms with Crippen LogP contribution in [0.5, 0.6) is 17.2 Å². The monoisotopic (exact) mass is 352 g/mol. The number of methoxy groups -OCH3 is 2. The zero-order chi connectivity index (χ0) is 18.3. The maximum absolute atomic E-state index is 12.3. The van der Waals surface area contributed by atoms with Gasteiger partial charge in [-0.1, -0.05) is 12.1 Å². The Labute approximate surface area is 152 Å². The summed E-state index contributed by atoms with van der Waals surface area (Å²) in [5, 5.41) is 6.22. The van der Waals surface area contributed by atoms with Gasteiger partial charge in [0, 0.05) is 12.5 Å². The molecular formula is C20H20N2O4. The van der Waals surface area contributed by atoms with Gasteiger partial charge >= 0.3 is 0 Å². The number of rotatable bonds is 3. The second-order valence-corrected chi connectivity index (χ2v) is 6.35. The van der Waals surface area contributed by atoms with Crippen LogP contribution in [0.25, 0.3) is 0 Å². The molecule has 0 saturated heterocycles. The third-order valence-electron chi connectivity index (χ3n) is 4.87. The maximum Gasteiger partial charge on any atom is 0.240 e. The second kappa shape index (κ2) is 6.37. The second-order valence-electron chi connectivity index (χ2n) is 6.35. The van der Waals surface area contributed by atoms with Crippen molar-refractivity contribution in [3.63, 3.8) is 0 Å². The van der Waals surface area contributed by atoms with Crippen molar-refractivity contribution >= 4 is 11.6 Å². The van der Waals surface area contributed by atoms with E-state index in [0.29, 0.717) is 6.61 Å². The van der Waals surface area contributed by atoms with Crippen LogP contribution in [0.2, 0.25) is 0 Å². The predicted molar refractivity (Wildman–Crippen MR) is 96.8 cm³/mol. The van der Waals surface area contributed by atoms with Gasteiger partial charge in [0.25, 0.3) is 0 Å². The Morgan fingerprint density at radius 2 is 1.81 bits per heavy atom. The molecule has 0 aliphatic carbocycles. The average molecular weight is 352 g/mol. The molecule has 0 N–H and O–H groups in total. The van der Waals surface area contributed by atoms with Crippen LogP contribution in [0, 0.1) is 5.92 Å². The van der Waals surface area contributed by atoms with E-state index in [-0.39, 0.29) is 17.9 Å². The van der Waals surface area contributed by atoms with Crippen molar-refractivity contribution in [2.24, 2.45) is 11.0 Å². The minimum absolute atomic E-state index is 0.0353. The van der Waals surface area contributed by atoms with Crippen LogP contribution in [0.3, 0.4) is 0 Å². The molecule has 2 aromatic carbocycles. The minimum Gasteiger partial charge on any atom is -0.497 e. The molecule has 0 saturated carbocycles. The van der Waals surface area contributed by atoms with Gasteiger partial charge in [0.2, 0.25) is 5.91 Å². The molecule has 2 atom stereocenters. The molecule has 0 fully saturated rings. The normalized spacial score (nSPS) is 20.6. The Morgan fingerprint density at radius 3 is 2.46 bits per heavy atom. The number of carbonyl (C=O) groups excluding carboxylic acids is 1. The third kappa shape index (κ3) is 2.58. The van der Waals surface area contributed by atoms with Crippen molar-refractivity contribution < 1.29 is 19.0 Å². The molecule has 2 aromatic rings. The van der Waals surface area contributed by atoms with E-state index in [1.165, 1.54) is 6.92 Å². The molecule has 0 unspecified atom stereocenters. The molecule has 6 nitrogen and oxygen atoms in total. The van der Waals surface area contributed by atoms with Crippen LogP contribution in [0.4, 0.5) is 0 Å². The highest BCUT2D eigenvalue weighted by molar-refractivity contribution is 6.08. The number of hydrogen-bond acceptors (Lipinski definition) is 5. The van der Waals surface area contributed by atoms with Gasteiger partial charge in [-0.25, -0.2) is 5.01 Å². The summed E-state index contributed by atoms with van der Waals surface area (Å²) in [5.41, 5.74) is 2.74. The summed E-state index contributed by atoms with van der Waals surface area (Å²) >= 11 is 0. The Bertz CT molecular complexity index is 876. The van der Waals surface area contributed by atoms with Gasteiger partial charge in [0.15, 0.2) is 0 Å². The Kier molecular flexibility index (Phi) is 4.03. The molecular weight excluding hydrogens is 332 g/mol. The molecule has 6 heteroatoms. The highest BCUT2D eigenvalue weighted by Crippen LogP contribution is 2.43. The molecule has 0 aromatic heterocycles. The minimum atomic E-state index is -0.201. The van der Waals surface area contributed by atoms with Gasteiger partial charge in [0.05, 0.1) is 38.5 Å². The molecule has 1 amide bonds. The number of carbonyl (C=O) groups is 1. The number of hydrogen-bond donors (Lipinski definition) is 0. The lowest BCUT2D eigenvalue weighted by molar-refractivity contribution is -0.131. The molecule has 2 aliphatic heterocycles. The van der Waals surface area contributed by atoms with Crippen molar-refractivity contribution in [1.29, 1.82) is 0 Å². The first kappa shape index (κ1) is 16.4. The lowest BCUT2D eigenvalue weighted by Gasteiger charge is -2.29. The Morgan fingerprint density at radius 1 is 1.12 bits per heavy atom. The van der Waals surface area contributed by atoms with Crippen LogP contribution in [-0.2, 0) is 4.79 Å². The van der Waals surface area contributed by atoms with E-state index in [9.17, 15) is 4.79 Å². The van der Waals surface area contributed by atoms with Crippen molar-refractivity contribution in [2.45, 2.75) is 13.0 Å². The number of amides is 1. The number of nitrogens with zero attached hydrogens (tertiary/aromatic N) is 2. The molecule has 26 heavy (non-hydrogen) atoms. The van der Waals surface area contributed by atoms with Gasteiger partial charge in [-0.2, -0.15) is 5.10 Å². The first-order valence-electron chi connectivity index (χ1n) is 8.46. The fourth-order valence-electron chi connectivity index (χ4n) is 3.58. The Hall–Kier alpha value is -3.02. The number of hydrazone groups is 1. The lowest BCUT2D eigenvalue weighted by atomic mass is 9.85. The quantitative estimate of drug-likeness (QED) is 0.852. The number of benzene rings is 2. The summed E-state index contributed by atoms with van der Waals surface area (Å²) in [6, 6.07) is 13.2.